The van der Waals surface area contributed by atoms with E-state index in [9.17, 15) is 0 Å². The standard InChI is InChI=1S/C15H16ClIN2/c1-10-3-2-4-11(7-10)8-15(19-18)13-9-12(16)5-6-14(13)17/h2-7,9,15,19H,8,18H2,1H3. The number of halogens is 2. The predicted molar refractivity (Wildman–Crippen MR) is 89.1 cm³/mol. The molecule has 100 valence electrons. The summed E-state index contributed by atoms with van der Waals surface area (Å²) < 4.78 is 1.16. The summed E-state index contributed by atoms with van der Waals surface area (Å²) in [5.74, 6) is 5.71. The molecular weight excluding hydrogens is 371 g/mol. The van der Waals surface area contributed by atoms with E-state index in [4.69, 9.17) is 17.4 Å². The van der Waals surface area contributed by atoms with E-state index >= 15 is 0 Å². The van der Waals surface area contributed by atoms with Crippen LogP contribution in [0.5, 0.6) is 0 Å². The molecule has 3 N–H and O–H groups in total. The van der Waals surface area contributed by atoms with Crippen molar-refractivity contribution in [1.29, 1.82) is 0 Å². The Morgan fingerprint density at radius 1 is 1.26 bits per heavy atom. The topological polar surface area (TPSA) is 38.0 Å². The third-order valence-electron chi connectivity index (χ3n) is 3.06. The van der Waals surface area contributed by atoms with Gasteiger partial charge >= 0.3 is 0 Å². The van der Waals surface area contributed by atoms with E-state index in [0.29, 0.717) is 0 Å². The fourth-order valence-electron chi connectivity index (χ4n) is 2.12. The van der Waals surface area contributed by atoms with Crippen LogP contribution in [0.2, 0.25) is 5.02 Å². The van der Waals surface area contributed by atoms with Crippen molar-refractivity contribution in [3.8, 4) is 0 Å². The van der Waals surface area contributed by atoms with Gasteiger partial charge in [0.25, 0.3) is 0 Å². The zero-order valence-electron chi connectivity index (χ0n) is 10.7. The van der Waals surface area contributed by atoms with E-state index in [1.165, 1.54) is 11.1 Å². The summed E-state index contributed by atoms with van der Waals surface area (Å²) in [5, 5.41) is 0.736. The number of benzene rings is 2. The van der Waals surface area contributed by atoms with Gasteiger partial charge in [0.15, 0.2) is 0 Å². The number of hydrogen-bond acceptors (Lipinski definition) is 2. The first kappa shape index (κ1) is 14.8. The summed E-state index contributed by atoms with van der Waals surface area (Å²) >= 11 is 8.38. The van der Waals surface area contributed by atoms with E-state index in [1.807, 2.05) is 18.2 Å². The van der Waals surface area contributed by atoms with Gasteiger partial charge in [-0.1, -0.05) is 41.4 Å². The first-order chi connectivity index (χ1) is 9.10. The van der Waals surface area contributed by atoms with Crippen LogP contribution < -0.4 is 11.3 Å². The molecule has 0 aliphatic heterocycles. The van der Waals surface area contributed by atoms with Crippen LogP contribution in [0.3, 0.4) is 0 Å². The number of hydrazine groups is 1. The smallest absolute Gasteiger partial charge is 0.0511 e. The van der Waals surface area contributed by atoms with Crippen molar-refractivity contribution in [2.75, 3.05) is 0 Å². The SMILES string of the molecule is Cc1cccc(CC(NN)c2cc(Cl)ccc2I)c1. The van der Waals surface area contributed by atoms with Crippen LogP contribution in [-0.2, 0) is 6.42 Å². The molecule has 4 heteroatoms. The summed E-state index contributed by atoms with van der Waals surface area (Å²) in [6, 6.07) is 14.4. The van der Waals surface area contributed by atoms with Crippen LogP contribution in [0.15, 0.2) is 42.5 Å². The Morgan fingerprint density at radius 3 is 2.74 bits per heavy atom. The minimum Gasteiger partial charge on any atom is -0.271 e. The fourth-order valence-corrected chi connectivity index (χ4v) is 3.01. The molecule has 0 saturated heterocycles. The second kappa shape index (κ2) is 6.70. The van der Waals surface area contributed by atoms with Crippen LogP contribution >= 0.6 is 34.2 Å². The molecule has 19 heavy (non-hydrogen) atoms. The molecule has 0 saturated carbocycles. The molecule has 1 unspecified atom stereocenters. The predicted octanol–water partition coefficient (Wildman–Crippen LogP) is 4.00. The average molecular weight is 387 g/mol. The molecule has 0 radical (unpaired) electrons. The van der Waals surface area contributed by atoms with Gasteiger partial charge in [0.05, 0.1) is 6.04 Å². The lowest BCUT2D eigenvalue weighted by atomic mass is 9.98. The highest BCUT2D eigenvalue weighted by Gasteiger charge is 2.14. The van der Waals surface area contributed by atoms with Crippen LogP contribution in [0.4, 0.5) is 0 Å². The molecule has 0 aliphatic carbocycles. The molecule has 0 amide bonds. The Morgan fingerprint density at radius 2 is 2.05 bits per heavy atom. The Hall–Kier alpha value is -0.620. The van der Waals surface area contributed by atoms with Crippen molar-refractivity contribution in [3.63, 3.8) is 0 Å². The van der Waals surface area contributed by atoms with E-state index in [2.05, 4.69) is 59.2 Å². The number of nitrogens with two attached hydrogens (primary N) is 1. The largest absolute Gasteiger partial charge is 0.271 e. The molecule has 2 rings (SSSR count). The molecule has 2 aromatic carbocycles. The summed E-state index contributed by atoms with van der Waals surface area (Å²) in [7, 11) is 0. The third-order valence-corrected chi connectivity index (χ3v) is 4.27. The van der Waals surface area contributed by atoms with Gasteiger partial charge in [0, 0.05) is 8.59 Å². The lowest BCUT2D eigenvalue weighted by Crippen LogP contribution is -2.30. The number of aryl methyl sites for hydroxylation is 1. The van der Waals surface area contributed by atoms with E-state index in [-0.39, 0.29) is 6.04 Å². The van der Waals surface area contributed by atoms with Gasteiger partial charge < -0.3 is 0 Å². The van der Waals surface area contributed by atoms with Crippen LogP contribution in [-0.4, -0.2) is 0 Å². The zero-order chi connectivity index (χ0) is 13.8. The highest BCUT2D eigenvalue weighted by molar-refractivity contribution is 14.1. The summed E-state index contributed by atoms with van der Waals surface area (Å²) in [6.45, 7) is 2.09. The van der Waals surface area contributed by atoms with Crippen molar-refractivity contribution in [1.82, 2.24) is 5.43 Å². The van der Waals surface area contributed by atoms with E-state index in [0.717, 1.165) is 20.6 Å². The summed E-state index contributed by atoms with van der Waals surface area (Å²) in [5.41, 5.74) is 6.55. The van der Waals surface area contributed by atoms with Crippen molar-refractivity contribution in [3.05, 3.63) is 67.7 Å². The summed E-state index contributed by atoms with van der Waals surface area (Å²) in [6.07, 6.45) is 0.842. The maximum Gasteiger partial charge on any atom is 0.0511 e. The van der Waals surface area contributed by atoms with Crippen molar-refractivity contribution >= 4 is 34.2 Å². The quantitative estimate of drug-likeness (QED) is 0.473. The Balaban J connectivity index is 2.27. The van der Waals surface area contributed by atoms with Gasteiger partial charge in [-0.05, 0) is 65.3 Å². The average Bonchev–Trinajstić information content (AvgIpc) is 2.39. The van der Waals surface area contributed by atoms with Crippen LogP contribution in [0.25, 0.3) is 0 Å². The highest BCUT2D eigenvalue weighted by atomic mass is 127. The molecule has 2 nitrogen and oxygen atoms in total. The molecule has 1 atom stereocenters. The maximum atomic E-state index is 6.07. The molecule has 0 fully saturated rings. The van der Waals surface area contributed by atoms with Gasteiger partial charge in [-0.15, -0.1) is 0 Å². The Kier molecular flexibility index (Phi) is 5.21. The molecule has 0 bridgehead atoms. The number of rotatable bonds is 4. The van der Waals surface area contributed by atoms with Crippen LogP contribution in [0, 0.1) is 10.5 Å². The molecular formula is C15H16ClIN2. The molecule has 0 heterocycles. The minimum atomic E-state index is 0.0624. The summed E-state index contributed by atoms with van der Waals surface area (Å²) in [4.78, 5) is 0. The molecule has 0 aromatic heterocycles. The van der Waals surface area contributed by atoms with Crippen LogP contribution in [0.1, 0.15) is 22.7 Å². The van der Waals surface area contributed by atoms with Gasteiger partial charge in [-0.25, -0.2) is 0 Å². The normalized spacial score (nSPS) is 12.4. The van der Waals surface area contributed by atoms with E-state index in [1.54, 1.807) is 0 Å². The lowest BCUT2D eigenvalue weighted by molar-refractivity contribution is 0.549. The minimum absolute atomic E-state index is 0.0624. The van der Waals surface area contributed by atoms with Crippen molar-refractivity contribution in [2.24, 2.45) is 5.84 Å². The first-order valence-corrected chi connectivity index (χ1v) is 7.52. The lowest BCUT2D eigenvalue weighted by Gasteiger charge is -2.18. The molecule has 0 spiro atoms. The van der Waals surface area contributed by atoms with Gasteiger partial charge in [-0.2, -0.15) is 0 Å². The van der Waals surface area contributed by atoms with Crippen molar-refractivity contribution in [2.45, 2.75) is 19.4 Å². The first-order valence-electron chi connectivity index (χ1n) is 6.07. The molecule has 2 aromatic rings. The maximum absolute atomic E-state index is 6.07. The Bertz CT molecular complexity index is 572. The highest BCUT2D eigenvalue weighted by Crippen LogP contribution is 2.26. The Labute approximate surface area is 132 Å². The molecule has 0 aliphatic rings. The number of hydrogen-bond donors (Lipinski definition) is 2. The fraction of sp³-hybridized carbons (Fsp3) is 0.200. The second-order valence-electron chi connectivity index (χ2n) is 4.58. The number of nitrogens with one attached hydrogen (secondary N) is 1. The van der Waals surface area contributed by atoms with E-state index < -0.39 is 0 Å². The van der Waals surface area contributed by atoms with Gasteiger partial charge in [0.2, 0.25) is 0 Å². The van der Waals surface area contributed by atoms with Gasteiger partial charge in [0.1, 0.15) is 0 Å². The monoisotopic (exact) mass is 386 g/mol. The second-order valence-corrected chi connectivity index (χ2v) is 6.18. The zero-order valence-corrected chi connectivity index (χ0v) is 13.6. The van der Waals surface area contributed by atoms with Gasteiger partial charge in [-0.3, -0.25) is 11.3 Å². The third kappa shape index (κ3) is 3.92. The van der Waals surface area contributed by atoms with Crippen molar-refractivity contribution < 1.29 is 0 Å².